The molecule has 2 N–H and O–H groups in total. The first kappa shape index (κ1) is 24.8. The molecule has 5 saturated carbocycles. The molecule has 5 unspecified atom stereocenters. The second kappa shape index (κ2) is 7.33. The third-order valence-electron chi connectivity index (χ3n) is 13.8. The van der Waals surface area contributed by atoms with E-state index in [1.165, 1.54) is 25.7 Å². The molecular weight excluding hydrogens is 424 g/mol. The Bertz CT molecular complexity index is 898. The third-order valence-corrected chi connectivity index (χ3v) is 13.8. The van der Waals surface area contributed by atoms with E-state index in [1.807, 2.05) is 0 Å². The lowest BCUT2D eigenvalue weighted by Gasteiger charge is -2.73. The highest BCUT2D eigenvalue weighted by molar-refractivity contribution is 5.85. The van der Waals surface area contributed by atoms with Gasteiger partial charge in [0.2, 0.25) is 0 Å². The fourth-order valence-electron chi connectivity index (χ4n) is 11.4. The molecule has 5 rings (SSSR count). The smallest absolute Gasteiger partial charge is 0.312 e. The molecule has 0 spiro atoms. The Labute approximate surface area is 206 Å². The normalized spacial score (nSPS) is 59.3. The standard InChI is InChI=1S/C30H48O4/c1-17-8-11-26(3)14-15-28(5)19(23(26)18(17)2)16-20(31)24-27(4)12-10-22(32)30(7,25(33)34)21(27)9-13-29(24,28)6/h17-19,21-24,32H,8-16H2,1-7H3,(H,33,34)/t17-,18?,19?,21?,22-,23?,24?,26-,27+,28-,29-,30-/m1/s1. The minimum Gasteiger partial charge on any atom is -0.481 e. The van der Waals surface area contributed by atoms with Crippen molar-refractivity contribution >= 4 is 11.8 Å². The summed E-state index contributed by atoms with van der Waals surface area (Å²) in [7, 11) is 0. The summed E-state index contributed by atoms with van der Waals surface area (Å²) >= 11 is 0. The van der Waals surface area contributed by atoms with Crippen molar-refractivity contribution in [1.82, 2.24) is 0 Å². The van der Waals surface area contributed by atoms with E-state index in [9.17, 15) is 19.8 Å². The lowest BCUT2D eigenvalue weighted by Crippen LogP contribution is -2.70. The van der Waals surface area contributed by atoms with Crippen LogP contribution in [0.3, 0.4) is 0 Å². The molecule has 4 nitrogen and oxygen atoms in total. The van der Waals surface area contributed by atoms with Gasteiger partial charge in [-0.1, -0.05) is 41.5 Å². The Kier molecular flexibility index (Phi) is 5.34. The number of carboxylic acids is 1. The summed E-state index contributed by atoms with van der Waals surface area (Å²) in [5, 5.41) is 21.1. The van der Waals surface area contributed by atoms with Gasteiger partial charge in [0.25, 0.3) is 0 Å². The number of carbonyl (C=O) groups excluding carboxylic acids is 1. The van der Waals surface area contributed by atoms with Crippen LogP contribution in [0.2, 0.25) is 0 Å². The van der Waals surface area contributed by atoms with Crippen molar-refractivity contribution < 1.29 is 19.8 Å². The first-order valence-electron chi connectivity index (χ1n) is 14.1. The summed E-state index contributed by atoms with van der Waals surface area (Å²) < 4.78 is 0. The van der Waals surface area contributed by atoms with Gasteiger partial charge in [-0.3, -0.25) is 9.59 Å². The molecule has 0 aromatic heterocycles. The van der Waals surface area contributed by atoms with Gasteiger partial charge >= 0.3 is 5.97 Å². The second-order valence-corrected chi connectivity index (χ2v) is 14.8. The highest BCUT2D eigenvalue weighted by atomic mass is 16.4. The first-order valence-corrected chi connectivity index (χ1v) is 14.1. The minimum atomic E-state index is -1.18. The van der Waals surface area contributed by atoms with Crippen LogP contribution in [-0.2, 0) is 9.59 Å². The zero-order chi connectivity index (χ0) is 25.1. The highest BCUT2D eigenvalue weighted by Gasteiger charge is 2.73. The van der Waals surface area contributed by atoms with Gasteiger partial charge in [0.15, 0.2) is 0 Å². The van der Waals surface area contributed by atoms with E-state index in [0.29, 0.717) is 47.7 Å². The Morgan fingerprint density at radius 2 is 1.56 bits per heavy atom. The van der Waals surface area contributed by atoms with Crippen LogP contribution in [-0.4, -0.2) is 28.1 Å². The molecular formula is C30H48O4. The van der Waals surface area contributed by atoms with Gasteiger partial charge in [0, 0.05) is 12.3 Å². The molecule has 192 valence electrons. The van der Waals surface area contributed by atoms with E-state index < -0.39 is 17.5 Å². The zero-order valence-corrected chi connectivity index (χ0v) is 22.6. The number of carboxylic acid groups (broad SMARTS) is 1. The average Bonchev–Trinajstić information content (AvgIpc) is 2.75. The number of aliphatic hydroxyl groups excluding tert-OH is 1. The number of aliphatic carboxylic acids is 1. The molecule has 5 aliphatic rings. The maximum Gasteiger partial charge on any atom is 0.312 e. The van der Waals surface area contributed by atoms with Gasteiger partial charge in [-0.15, -0.1) is 0 Å². The Morgan fingerprint density at radius 3 is 2.21 bits per heavy atom. The average molecular weight is 473 g/mol. The number of ketones is 1. The molecule has 12 atom stereocenters. The lowest BCUT2D eigenvalue weighted by atomic mass is 9.31. The zero-order valence-electron chi connectivity index (χ0n) is 22.6. The topological polar surface area (TPSA) is 74.6 Å². The summed E-state index contributed by atoms with van der Waals surface area (Å²) in [4.78, 5) is 26.8. The van der Waals surface area contributed by atoms with Crippen LogP contribution in [0.25, 0.3) is 0 Å². The van der Waals surface area contributed by atoms with Gasteiger partial charge in [-0.25, -0.2) is 0 Å². The molecule has 0 saturated heterocycles. The predicted octanol–water partition coefficient (Wildman–Crippen LogP) is 6.35. The molecule has 0 aromatic carbocycles. The van der Waals surface area contributed by atoms with E-state index in [4.69, 9.17) is 0 Å². The fraction of sp³-hybridized carbons (Fsp3) is 0.933. The molecule has 0 heterocycles. The maximum atomic E-state index is 14.3. The van der Waals surface area contributed by atoms with Crippen molar-refractivity contribution in [2.75, 3.05) is 0 Å². The third kappa shape index (κ3) is 2.76. The molecule has 4 heteroatoms. The minimum absolute atomic E-state index is 0.102. The Hall–Kier alpha value is -0.900. The van der Waals surface area contributed by atoms with Gasteiger partial charge in [-0.2, -0.15) is 0 Å². The summed E-state index contributed by atoms with van der Waals surface area (Å²) in [5.41, 5.74) is -1.20. The van der Waals surface area contributed by atoms with E-state index in [2.05, 4.69) is 41.5 Å². The molecule has 0 aliphatic heterocycles. The van der Waals surface area contributed by atoms with Crippen molar-refractivity contribution in [2.24, 2.45) is 62.6 Å². The molecule has 0 amide bonds. The van der Waals surface area contributed by atoms with Crippen LogP contribution in [0.5, 0.6) is 0 Å². The van der Waals surface area contributed by atoms with Crippen molar-refractivity contribution in [3.05, 3.63) is 0 Å². The predicted molar refractivity (Wildman–Crippen MR) is 133 cm³/mol. The molecule has 34 heavy (non-hydrogen) atoms. The van der Waals surface area contributed by atoms with E-state index in [0.717, 1.165) is 19.3 Å². The lowest BCUT2D eigenvalue weighted by molar-refractivity contribution is -0.248. The number of fused-ring (bicyclic) bond motifs is 7. The molecule has 0 bridgehead atoms. The first-order chi connectivity index (χ1) is 15.7. The fourth-order valence-corrected chi connectivity index (χ4v) is 11.4. The SMILES string of the molecule is CC1C2C3CC(=O)C4[C@@]5(C)CC[C@@H](O)[C@](C)(C(=O)O)C5CC[C@@]4(C)[C@]3(C)CC[C@@]2(C)CC[C@H]1C. The van der Waals surface area contributed by atoms with Crippen LogP contribution in [0.1, 0.15) is 106 Å². The number of hydrogen-bond donors (Lipinski definition) is 2. The van der Waals surface area contributed by atoms with E-state index in [1.54, 1.807) is 6.92 Å². The monoisotopic (exact) mass is 472 g/mol. The van der Waals surface area contributed by atoms with Crippen LogP contribution in [0.4, 0.5) is 0 Å². The van der Waals surface area contributed by atoms with Crippen LogP contribution in [0.15, 0.2) is 0 Å². The van der Waals surface area contributed by atoms with Gasteiger partial charge in [-0.05, 0) is 110 Å². The van der Waals surface area contributed by atoms with Crippen LogP contribution < -0.4 is 0 Å². The van der Waals surface area contributed by atoms with Crippen LogP contribution in [0, 0.1) is 62.6 Å². The largest absolute Gasteiger partial charge is 0.481 e. The summed E-state index contributed by atoms with van der Waals surface area (Å²) in [6.07, 6.45) is 7.80. The van der Waals surface area contributed by atoms with Gasteiger partial charge in [0.05, 0.1) is 11.5 Å². The Morgan fingerprint density at radius 1 is 0.882 bits per heavy atom. The number of hydrogen-bond acceptors (Lipinski definition) is 3. The molecule has 0 radical (unpaired) electrons. The molecule has 0 aromatic rings. The van der Waals surface area contributed by atoms with Gasteiger partial charge < -0.3 is 10.2 Å². The maximum absolute atomic E-state index is 14.3. The highest BCUT2D eigenvalue weighted by Crippen LogP contribution is 2.76. The van der Waals surface area contributed by atoms with E-state index >= 15 is 0 Å². The van der Waals surface area contributed by atoms with Gasteiger partial charge in [0.1, 0.15) is 5.78 Å². The van der Waals surface area contributed by atoms with Crippen LogP contribution >= 0.6 is 0 Å². The summed E-state index contributed by atoms with van der Waals surface area (Å²) in [5.74, 6) is 1.62. The van der Waals surface area contributed by atoms with E-state index in [-0.39, 0.29) is 28.1 Å². The number of aliphatic hydroxyl groups is 1. The molecule has 5 fully saturated rings. The van der Waals surface area contributed by atoms with Crippen molar-refractivity contribution in [3.8, 4) is 0 Å². The second-order valence-electron chi connectivity index (χ2n) is 14.8. The van der Waals surface area contributed by atoms with Crippen molar-refractivity contribution in [3.63, 3.8) is 0 Å². The van der Waals surface area contributed by atoms with Crippen molar-refractivity contribution in [2.45, 2.75) is 112 Å². The number of Topliss-reactive ketones (excluding diaryl/α,β-unsaturated/α-hetero) is 1. The quantitative estimate of drug-likeness (QED) is 0.466. The number of carbonyl (C=O) groups is 2. The Balaban J connectivity index is 1.60. The number of rotatable bonds is 1. The summed E-state index contributed by atoms with van der Waals surface area (Å²) in [6.45, 7) is 16.3. The molecule has 5 aliphatic carbocycles. The van der Waals surface area contributed by atoms with Crippen molar-refractivity contribution in [1.29, 1.82) is 0 Å². The summed E-state index contributed by atoms with van der Waals surface area (Å²) in [6, 6.07) is 0.